The van der Waals surface area contributed by atoms with Crippen molar-refractivity contribution in [1.82, 2.24) is 0 Å². The van der Waals surface area contributed by atoms with E-state index >= 15 is 0 Å². The van der Waals surface area contributed by atoms with Crippen LogP contribution in [-0.4, -0.2) is 38.8 Å². The summed E-state index contributed by atoms with van der Waals surface area (Å²) in [5, 5.41) is 2.92. The van der Waals surface area contributed by atoms with E-state index in [1.807, 2.05) is 42.5 Å². The molecule has 2 aromatic carbocycles. The summed E-state index contributed by atoms with van der Waals surface area (Å²) in [6, 6.07) is 15.3. The largest absolute Gasteiger partial charge is 0.491 e. The number of carbonyl (C=O) groups is 1. The van der Waals surface area contributed by atoms with Crippen molar-refractivity contribution in [2.24, 2.45) is 0 Å². The van der Waals surface area contributed by atoms with Gasteiger partial charge in [0.15, 0.2) is 0 Å². The molecular formula is C20H25N3O3. The first-order chi connectivity index (χ1) is 12.7. The quantitative estimate of drug-likeness (QED) is 0.590. The number of nitrogens with one attached hydrogen (secondary N) is 1. The van der Waals surface area contributed by atoms with Crippen molar-refractivity contribution in [1.29, 1.82) is 0 Å². The Bertz CT molecular complexity index is 712. The smallest absolute Gasteiger partial charge is 0.224 e. The van der Waals surface area contributed by atoms with Crippen molar-refractivity contribution in [3.63, 3.8) is 0 Å². The van der Waals surface area contributed by atoms with Gasteiger partial charge in [-0.2, -0.15) is 0 Å². The second kappa shape index (κ2) is 9.10. The summed E-state index contributed by atoms with van der Waals surface area (Å²) in [6.07, 6.45) is 1.03. The average Bonchev–Trinajstić information content (AvgIpc) is 2.68. The van der Waals surface area contributed by atoms with Crippen LogP contribution in [0.1, 0.15) is 12.8 Å². The van der Waals surface area contributed by atoms with Gasteiger partial charge in [-0.1, -0.05) is 12.1 Å². The van der Waals surface area contributed by atoms with E-state index in [1.165, 1.54) is 0 Å². The Hall–Kier alpha value is -2.73. The van der Waals surface area contributed by atoms with Gasteiger partial charge in [-0.25, -0.2) is 0 Å². The molecule has 2 aromatic rings. The third-order valence-electron chi connectivity index (χ3n) is 4.25. The van der Waals surface area contributed by atoms with Crippen LogP contribution in [0.2, 0.25) is 0 Å². The number of carbonyl (C=O) groups excluding carboxylic acids is 1. The van der Waals surface area contributed by atoms with Gasteiger partial charge in [-0.15, -0.1) is 0 Å². The highest BCUT2D eigenvalue weighted by Gasteiger charge is 2.11. The Kier molecular flexibility index (Phi) is 6.33. The number of benzene rings is 2. The van der Waals surface area contributed by atoms with E-state index < -0.39 is 0 Å². The van der Waals surface area contributed by atoms with Crippen molar-refractivity contribution in [2.45, 2.75) is 12.8 Å². The average molecular weight is 355 g/mol. The van der Waals surface area contributed by atoms with Crippen LogP contribution >= 0.6 is 0 Å². The maximum Gasteiger partial charge on any atom is 0.224 e. The molecule has 1 saturated heterocycles. The molecule has 0 unspecified atom stereocenters. The molecule has 0 radical (unpaired) electrons. The standard InChI is InChI=1S/C20H25N3O3/c21-18-4-1-2-5-19(18)26-13-3-6-20(24)22-16-7-9-17(10-8-16)23-11-14-25-15-12-23/h1-2,4-5,7-10H,3,6,11-15,21H2,(H,22,24). The summed E-state index contributed by atoms with van der Waals surface area (Å²) in [7, 11) is 0. The number of anilines is 3. The number of amides is 1. The highest BCUT2D eigenvalue weighted by molar-refractivity contribution is 5.90. The van der Waals surface area contributed by atoms with E-state index in [0.717, 1.165) is 37.7 Å². The first-order valence-corrected chi connectivity index (χ1v) is 8.92. The first kappa shape index (κ1) is 18.1. The SMILES string of the molecule is Nc1ccccc1OCCCC(=O)Nc1ccc(N2CCOCC2)cc1. The van der Waals surface area contributed by atoms with Crippen LogP contribution in [0.25, 0.3) is 0 Å². The minimum absolute atomic E-state index is 0.0197. The van der Waals surface area contributed by atoms with Gasteiger partial charge in [0, 0.05) is 30.9 Å². The van der Waals surface area contributed by atoms with Crippen molar-refractivity contribution in [3.05, 3.63) is 48.5 Å². The topological polar surface area (TPSA) is 76.8 Å². The van der Waals surface area contributed by atoms with Crippen molar-refractivity contribution in [2.75, 3.05) is 48.9 Å². The number of rotatable bonds is 7. The molecule has 0 aliphatic carbocycles. The summed E-state index contributed by atoms with van der Waals surface area (Å²) in [6.45, 7) is 3.78. The number of para-hydroxylation sites is 2. The number of hydrogen-bond acceptors (Lipinski definition) is 5. The Balaban J connectivity index is 1.39. The maximum absolute atomic E-state index is 12.1. The lowest BCUT2D eigenvalue weighted by atomic mass is 10.2. The fourth-order valence-corrected chi connectivity index (χ4v) is 2.83. The molecular weight excluding hydrogens is 330 g/mol. The molecule has 1 aliphatic heterocycles. The highest BCUT2D eigenvalue weighted by Crippen LogP contribution is 2.21. The number of nitrogens with zero attached hydrogens (tertiary/aromatic N) is 1. The predicted octanol–water partition coefficient (Wildman–Crippen LogP) is 2.90. The van der Waals surface area contributed by atoms with E-state index in [1.54, 1.807) is 6.07 Å². The van der Waals surface area contributed by atoms with E-state index in [9.17, 15) is 4.79 Å². The summed E-state index contributed by atoms with van der Waals surface area (Å²) in [5.41, 5.74) is 8.38. The van der Waals surface area contributed by atoms with Gasteiger partial charge >= 0.3 is 0 Å². The van der Waals surface area contributed by atoms with E-state index in [4.69, 9.17) is 15.2 Å². The molecule has 0 saturated carbocycles. The van der Waals surface area contributed by atoms with Gasteiger partial charge < -0.3 is 25.4 Å². The van der Waals surface area contributed by atoms with Gasteiger partial charge in [0.25, 0.3) is 0 Å². The molecule has 0 spiro atoms. The molecule has 0 atom stereocenters. The third-order valence-corrected chi connectivity index (χ3v) is 4.25. The Morgan fingerprint density at radius 1 is 1.12 bits per heavy atom. The van der Waals surface area contributed by atoms with Crippen molar-refractivity contribution < 1.29 is 14.3 Å². The van der Waals surface area contributed by atoms with Gasteiger partial charge in [0.1, 0.15) is 5.75 Å². The molecule has 0 aromatic heterocycles. The first-order valence-electron chi connectivity index (χ1n) is 8.92. The van der Waals surface area contributed by atoms with Gasteiger partial charge in [-0.3, -0.25) is 4.79 Å². The van der Waals surface area contributed by atoms with Crippen molar-refractivity contribution >= 4 is 23.0 Å². The predicted molar refractivity (Wildman–Crippen MR) is 104 cm³/mol. The molecule has 1 amide bonds. The Morgan fingerprint density at radius 3 is 2.58 bits per heavy atom. The zero-order chi connectivity index (χ0) is 18.2. The highest BCUT2D eigenvalue weighted by atomic mass is 16.5. The Morgan fingerprint density at radius 2 is 1.85 bits per heavy atom. The van der Waals surface area contributed by atoms with Crippen LogP contribution in [0.5, 0.6) is 5.75 Å². The molecule has 0 bridgehead atoms. The van der Waals surface area contributed by atoms with E-state index in [0.29, 0.717) is 30.9 Å². The van der Waals surface area contributed by atoms with Gasteiger partial charge in [0.2, 0.25) is 5.91 Å². The minimum atomic E-state index is -0.0197. The lowest BCUT2D eigenvalue weighted by Gasteiger charge is -2.28. The molecule has 1 aliphatic rings. The van der Waals surface area contributed by atoms with E-state index in [2.05, 4.69) is 10.2 Å². The Labute approximate surface area is 153 Å². The second-order valence-electron chi connectivity index (χ2n) is 6.18. The summed E-state index contributed by atoms with van der Waals surface area (Å²) in [5.74, 6) is 0.639. The number of nitrogens with two attached hydrogens (primary N) is 1. The van der Waals surface area contributed by atoms with E-state index in [-0.39, 0.29) is 5.91 Å². The lowest BCUT2D eigenvalue weighted by Crippen LogP contribution is -2.36. The summed E-state index contributed by atoms with van der Waals surface area (Å²) in [4.78, 5) is 14.3. The number of hydrogen-bond donors (Lipinski definition) is 2. The fourth-order valence-electron chi connectivity index (χ4n) is 2.83. The van der Waals surface area contributed by atoms with Crippen LogP contribution in [0.4, 0.5) is 17.1 Å². The van der Waals surface area contributed by atoms with Gasteiger partial charge in [0.05, 0.1) is 25.5 Å². The van der Waals surface area contributed by atoms with Crippen LogP contribution < -0.4 is 20.7 Å². The normalized spacial score (nSPS) is 14.1. The second-order valence-corrected chi connectivity index (χ2v) is 6.18. The van der Waals surface area contributed by atoms with Crippen molar-refractivity contribution in [3.8, 4) is 5.75 Å². The molecule has 1 heterocycles. The zero-order valence-electron chi connectivity index (χ0n) is 14.8. The molecule has 138 valence electrons. The van der Waals surface area contributed by atoms with Crippen LogP contribution in [0.3, 0.4) is 0 Å². The van der Waals surface area contributed by atoms with Crippen LogP contribution in [0.15, 0.2) is 48.5 Å². The number of nitrogen functional groups attached to an aromatic ring is 1. The number of morpholine rings is 1. The van der Waals surface area contributed by atoms with Gasteiger partial charge in [-0.05, 0) is 42.8 Å². The molecule has 6 heteroatoms. The summed E-state index contributed by atoms with van der Waals surface area (Å²) < 4.78 is 11.0. The monoisotopic (exact) mass is 355 g/mol. The lowest BCUT2D eigenvalue weighted by molar-refractivity contribution is -0.116. The summed E-state index contributed by atoms with van der Waals surface area (Å²) >= 11 is 0. The maximum atomic E-state index is 12.1. The minimum Gasteiger partial charge on any atom is -0.491 e. The molecule has 26 heavy (non-hydrogen) atoms. The molecule has 3 N–H and O–H groups in total. The third kappa shape index (κ3) is 5.13. The zero-order valence-corrected chi connectivity index (χ0v) is 14.8. The molecule has 6 nitrogen and oxygen atoms in total. The van der Waals surface area contributed by atoms with Crippen LogP contribution in [0, 0.1) is 0 Å². The fraction of sp³-hybridized carbons (Fsp3) is 0.350. The van der Waals surface area contributed by atoms with Crippen LogP contribution in [-0.2, 0) is 9.53 Å². The molecule has 1 fully saturated rings. The number of ether oxygens (including phenoxy) is 2. The molecule has 3 rings (SSSR count).